The molecule has 1 unspecified atom stereocenters. The van der Waals surface area contributed by atoms with Crippen LogP contribution in [0.5, 0.6) is 0 Å². The van der Waals surface area contributed by atoms with Crippen LogP contribution in [0.3, 0.4) is 0 Å². The topological polar surface area (TPSA) is 63.6 Å². The van der Waals surface area contributed by atoms with Crippen LogP contribution < -0.4 is 5.32 Å². The molecule has 8 rings (SSSR count). The molecule has 1 aliphatic heterocycles. The minimum Gasteiger partial charge on any atom is -0.371 e. The van der Waals surface area contributed by atoms with Gasteiger partial charge < -0.3 is 5.32 Å². The van der Waals surface area contributed by atoms with Gasteiger partial charge in [-0.15, -0.1) is 0 Å². The molecule has 0 saturated carbocycles. The van der Waals surface area contributed by atoms with Crippen molar-refractivity contribution in [2.75, 3.05) is 0 Å². The van der Waals surface area contributed by atoms with Crippen molar-refractivity contribution in [3.63, 3.8) is 0 Å². The molecule has 0 bridgehead atoms. The Labute approximate surface area is 280 Å². The second-order valence-corrected chi connectivity index (χ2v) is 11.6. The first kappa shape index (κ1) is 29.0. The standard InChI is InChI=1S/C43H31N5/c1-4-13-30(14-5-1)32-21-23-34(24-22-32)43-47-38(33-17-8-3-9-18-33)29-39(48-43)36-19-12-26-45-42(36)41-28-35(31-15-6-2-7-16-31)27-40(46-41)37-20-10-11-25-44-37/h1-29,41,46H. The maximum Gasteiger partial charge on any atom is 0.160 e. The predicted octanol–water partition coefficient (Wildman–Crippen LogP) is 9.70. The molecule has 4 heterocycles. The van der Waals surface area contributed by atoms with Crippen LogP contribution in [0, 0.1) is 0 Å². The molecular weight excluding hydrogens is 587 g/mol. The molecule has 1 N–H and O–H groups in total. The molecule has 228 valence electrons. The van der Waals surface area contributed by atoms with Gasteiger partial charge in [0.05, 0.1) is 34.5 Å². The first-order valence-electron chi connectivity index (χ1n) is 16.0. The van der Waals surface area contributed by atoms with Crippen molar-refractivity contribution in [2.24, 2.45) is 0 Å². The quantitative estimate of drug-likeness (QED) is 0.193. The fourth-order valence-corrected chi connectivity index (χ4v) is 6.06. The van der Waals surface area contributed by atoms with E-state index >= 15 is 0 Å². The van der Waals surface area contributed by atoms with Crippen molar-refractivity contribution in [2.45, 2.75) is 6.04 Å². The summed E-state index contributed by atoms with van der Waals surface area (Å²) in [6, 6.07) is 51.4. The van der Waals surface area contributed by atoms with E-state index in [0.717, 1.165) is 61.9 Å². The van der Waals surface area contributed by atoms with Gasteiger partial charge in [0, 0.05) is 29.1 Å². The minimum absolute atomic E-state index is 0.234. The number of allylic oxidation sites excluding steroid dienone is 2. The van der Waals surface area contributed by atoms with Crippen LogP contribution in [-0.4, -0.2) is 19.9 Å². The van der Waals surface area contributed by atoms with E-state index < -0.39 is 0 Å². The maximum absolute atomic E-state index is 5.19. The molecule has 0 saturated heterocycles. The molecule has 1 aliphatic rings. The number of hydrogen-bond acceptors (Lipinski definition) is 5. The van der Waals surface area contributed by atoms with Crippen LogP contribution in [0.2, 0.25) is 0 Å². The van der Waals surface area contributed by atoms with Crippen molar-refractivity contribution >= 4 is 11.3 Å². The van der Waals surface area contributed by atoms with Crippen LogP contribution in [-0.2, 0) is 0 Å². The van der Waals surface area contributed by atoms with Gasteiger partial charge in [0.15, 0.2) is 5.82 Å². The Balaban J connectivity index is 1.25. The van der Waals surface area contributed by atoms with Crippen LogP contribution in [0.15, 0.2) is 176 Å². The van der Waals surface area contributed by atoms with Gasteiger partial charge in [-0.2, -0.15) is 0 Å². The molecule has 3 aromatic heterocycles. The number of nitrogens with one attached hydrogen (secondary N) is 1. The van der Waals surface area contributed by atoms with Gasteiger partial charge >= 0.3 is 0 Å². The molecule has 7 aromatic rings. The highest BCUT2D eigenvalue weighted by atomic mass is 15.0. The summed E-state index contributed by atoms with van der Waals surface area (Å²) in [5, 5.41) is 3.73. The van der Waals surface area contributed by atoms with Crippen LogP contribution >= 0.6 is 0 Å². The van der Waals surface area contributed by atoms with E-state index in [1.807, 2.05) is 67.0 Å². The first-order chi connectivity index (χ1) is 23.8. The summed E-state index contributed by atoms with van der Waals surface area (Å²) < 4.78 is 0. The fraction of sp³-hybridized carbons (Fsp3) is 0.0233. The first-order valence-corrected chi connectivity index (χ1v) is 16.0. The summed E-state index contributed by atoms with van der Waals surface area (Å²) >= 11 is 0. The number of nitrogens with zero attached hydrogens (tertiary/aromatic N) is 4. The molecule has 4 aromatic carbocycles. The third-order valence-electron chi connectivity index (χ3n) is 8.46. The predicted molar refractivity (Wildman–Crippen MR) is 194 cm³/mol. The SMILES string of the molecule is C1=C(c2ccccc2)C=C(c2ccccn2)NC1c1ncccc1-c1cc(-c2ccccc2)nc(-c2ccc(-c3ccccc3)cc2)n1. The van der Waals surface area contributed by atoms with E-state index in [9.17, 15) is 0 Å². The van der Waals surface area contributed by atoms with Gasteiger partial charge in [-0.1, -0.05) is 121 Å². The molecule has 0 fully saturated rings. The lowest BCUT2D eigenvalue weighted by atomic mass is 9.94. The molecular formula is C43H31N5. The molecule has 1 atom stereocenters. The number of dihydropyridines is 1. The Bertz CT molecular complexity index is 2230. The normalized spacial score (nSPS) is 14.0. The lowest BCUT2D eigenvalue weighted by Crippen LogP contribution is -2.23. The van der Waals surface area contributed by atoms with Crippen molar-refractivity contribution in [1.29, 1.82) is 0 Å². The molecule has 48 heavy (non-hydrogen) atoms. The number of pyridine rings is 2. The minimum atomic E-state index is -0.234. The van der Waals surface area contributed by atoms with Crippen molar-refractivity contribution in [3.05, 3.63) is 193 Å². The third kappa shape index (κ3) is 6.05. The van der Waals surface area contributed by atoms with Gasteiger partial charge in [-0.25, -0.2) is 9.97 Å². The number of benzene rings is 4. The zero-order valence-electron chi connectivity index (χ0n) is 26.1. The third-order valence-corrected chi connectivity index (χ3v) is 8.46. The van der Waals surface area contributed by atoms with Gasteiger partial charge in [0.25, 0.3) is 0 Å². The summed E-state index contributed by atoms with van der Waals surface area (Å²) in [7, 11) is 0. The van der Waals surface area contributed by atoms with Crippen molar-refractivity contribution in [3.8, 4) is 45.0 Å². The molecule has 0 radical (unpaired) electrons. The summed E-state index contributed by atoms with van der Waals surface area (Å²) in [4.78, 5) is 19.9. The highest BCUT2D eigenvalue weighted by Gasteiger charge is 2.24. The molecule has 5 heteroatoms. The van der Waals surface area contributed by atoms with Crippen LogP contribution in [0.25, 0.3) is 56.3 Å². The average molecular weight is 618 g/mol. The summed E-state index contributed by atoms with van der Waals surface area (Å²) in [5.74, 6) is 0.659. The maximum atomic E-state index is 5.19. The van der Waals surface area contributed by atoms with E-state index in [2.05, 4.69) is 120 Å². The zero-order valence-corrected chi connectivity index (χ0v) is 26.1. The Morgan fingerprint density at radius 2 is 1.06 bits per heavy atom. The average Bonchev–Trinajstić information content (AvgIpc) is 3.19. The van der Waals surface area contributed by atoms with Crippen molar-refractivity contribution < 1.29 is 0 Å². The Morgan fingerprint density at radius 1 is 0.458 bits per heavy atom. The summed E-state index contributed by atoms with van der Waals surface area (Å²) in [5.41, 5.74) is 11.8. The summed E-state index contributed by atoms with van der Waals surface area (Å²) in [6.07, 6.45) is 8.06. The van der Waals surface area contributed by atoms with E-state index in [1.54, 1.807) is 0 Å². The molecule has 0 amide bonds. The van der Waals surface area contributed by atoms with E-state index in [0.29, 0.717) is 5.82 Å². The lowest BCUT2D eigenvalue weighted by molar-refractivity contribution is 0.738. The van der Waals surface area contributed by atoms with Gasteiger partial charge in [0.1, 0.15) is 0 Å². The van der Waals surface area contributed by atoms with E-state index in [-0.39, 0.29) is 6.04 Å². The van der Waals surface area contributed by atoms with Crippen LogP contribution in [0.4, 0.5) is 0 Å². The van der Waals surface area contributed by atoms with Gasteiger partial charge in [-0.3, -0.25) is 9.97 Å². The van der Waals surface area contributed by atoms with E-state index in [1.165, 1.54) is 5.56 Å². The Hall–Kier alpha value is -6.46. The number of rotatable bonds is 7. The van der Waals surface area contributed by atoms with Gasteiger partial charge in [-0.05, 0) is 64.7 Å². The highest BCUT2D eigenvalue weighted by Crippen LogP contribution is 2.36. The molecule has 0 aliphatic carbocycles. The molecule has 5 nitrogen and oxygen atoms in total. The highest BCUT2D eigenvalue weighted by molar-refractivity contribution is 5.86. The second kappa shape index (κ2) is 13.1. The molecule has 0 spiro atoms. The van der Waals surface area contributed by atoms with Crippen molar-refractivity contribution in [1.82, 2.24) is 25.3 Å². The van der Waals surface area contributed by atoms with E-state index in [4.69, 9.17) is 15.0 Å². The summed E-state index contributed by atoms with van der Waals surface area (Å²) in [6.45, 7) is 0. The largest absolute Gasteiger partial charge is 0.371 e. The zero-order chi connectivity index (χ0) is 32.1. The monoisotopic (exact) mass is 617 g/mol. The number of aromatic nitrogens is 4. The Morgan fingerprint density at radius 3 is 1.77 bits per heavy atom. The lowest BCUT2D eigenvalue weighted by Gasteiger charge is -2.26. The smallest absolute Gasteiger partial charge is 0.160 e. The Kier molecular flexibility index (Phi) is 7.91. The second-order valence-electron chi connectivity index (χ2n) is 11.6. The fourth-order valence-electron chi connectivity index (χ4n) is 6.06. The number of hydrogen-bond donors (Lipinski definition) is 1. The van der Waals surface area contributed by atoms with Crippen LogP contribution in [0.1, 0.15) is 23.0 Å². The van der Waals surface area contributed by atoms with Gasteiger partial charge in [0.2, 0.25) is 0 Å².